The number of fused-ring (bicyclic) bond motifs is 3. The zero-order chi connectivity index (χ0) is 29.1. The monoisotopic (exact) mass is 555 g/mol. The summed E-state index contributed by atoms with van der Waals surface area (Å²) in [7, 11) is 3.08. The summed E-state index contributed by atoms with van der Waals surface area (Å²) in [5.74, 6) is -10.9. The first-order chi connectivity index (χ1) is 18.9. The van der Waals surface area contributed by atoms with Crippen LogP contribution in [0, 0.1) is 23.7 Å². The second-order valence-electron chi connectivity index (χ2n) is 11.4. The lowest BCUT2D eigenvalue weighted by atomic mass is 9.52. The molecule has 1 heterocycles. The van der Waals surface area contributed by atoms with E-state index in [1.165, 1.54) is 25.1 Å². The first-order valence-electron chi connectivity index (χ1n) is 13.4. The van der Waals surface area contributed by atoms with Crippen molar-refractivity contribution in [1.29, 1.82) is 0 Å². The number of benzene rings is 1. The maximum atomic E-state index is 13.9. The molecule has 0 spiro atoms. The van der Waals surface area contributed by atoms with Gasteiger partial charge in [0.1, 0.15) is 5.75 Å². The van der Waals surface area contributed by atoms with Gasteiger partial charge in [0.15, 0.2) is 34.7 Å². The Morgan fingerprint density at radius 1 is 1.12 bits per heavy atom. The molecule has 3 fully saturated rings. The Kier molecular flexibility index (Phi) is 7.13. The number of likely N-dealkylation sites (N-methyl/N-ethyl adjacent to an activating group) is 1. The van der Waals surface area contributed by atoms with Gasteiger partial charge in [-0.25, -0.2) is 0 Å². The molecular weight excluding hydrogens is 522 g/mol. The smallest absolute Gasteiger partial charge is 0.235 e. The number of ether oxygens (including phenoxy) is 1. The highest BCUT2D eigenvalue weighted by Crippen LogP contribution is 2.51. The van der Waals surface area contributed by atoms with Crippen LogP contribution in [0.2, 0.25) is 0 Å². The van der Waals surface area contributed by atoms with Crippen LogP contribution in [0.25, 0.3) is 0 Å². The van der Waals surface area contributed by atoms with Crippen LogP contribution in [0.3, 0.4) is 0 Å². The number of amides is 2. The van der Waals surface area contributed by atoms with Crippen LogP contribution >= 0.6 is 0 Å². The number of primary amides is 1. The predicted molar refractivity (Wildman–Crippen MR) is 137 cm³/mol. The molecular formula is C28H33N3O9. The summed E-state index contributed by atoms with van der Waals surface area (Å²) in [5.41, 5.74) is 3.72. The van der Waals surface area contributed by atoms with Crippen LogP contribution in [0.1, 0.15) is 34.3 Å². The number of aryl methyl sites for hydroxylation is 1. The lowest BCUT2D eigenvalue weighted by molar-refractivity contribution is -0.181. The topological polar surface area (TPSA) is 185 Å². The Hall–Kier alpha value is -3.48. The number of phenols is 1. The predicted octanol–water partition coefficient (Wildman–Crippen LogP) is -1.34. The first-order valence-corrected chi connectivity index (χ1v) is 13.4. The average Bonchev–Trinajstić information content (AvgIpc) is 2.90. The zero-order valence-corrected chi connectivity index (χ0v) is 22.4. The van der Waals surface area contributed by atoms with Crippen LogP contribution in [-0.2, 0) is 41.6 Å². The Morgan fingerprint density at radius 2 is 1.80 bits per heavy atom. The largest absolute Gasteiger partial charge is 0.507 e. The number of hydrogen-bond donors (Lipinski definition) is 3. The lowest BCUT2D eigenvalue weighted by Crippen LogP contribution is -2.74. The molecule has 0 aromatic heterocycles. The van der Waals surface area contributed by atoms with Crippen LogP contribution in [0.5, 0.6) is 5.75 Å². The number of nitrogens with two attached hydrogens (primary N) is 1. The molecule has 2 saturated carbocycles. The Labute approximate surface area is 230 Å². The number of ketones is 4. The number of morpholine rings is 1. The van der Waals surface area contributed by atoms with Gasteiger partial charge >= 0.3 is 0 Å². The molecule has 40 heavy (non-hydrogen) atoms. The van der Waals surface area contributed by atoms with Crippen LogP contribution in [-0.4, -0.2) is 107 Å². The van der Waals surface area contributed by atoms with E-state index in [2.05, 4.69) is 0 Å². The molecule has 1 aromatic carbocycles. The molecule has 0 radical (unpaired) electrons. The summed E-state index contributed by atoms with van der Waals surface area (Å²) in [4.78, 5) is 82.1. The number of nitrogens with zero attached hydrogens (tertiary/aromatic N) is 2. The van der Waals surface area contributed by atoms with E-state index in [1.807, 2.05) is 0 Å². The number of aliphatic hydroxyl groups is 1. The van der Waals surface area contributed by atoms with Gasteiger partial charge in [-0.15, -0.1) is 0 Å². The maximum Gasteiger partial charge on any atom is 0.235 e. The van der Waals surface area contributed by atoms with E-state index in [9.17, 15) is 39.0 Å². The fourth-order valence-electron chi connectivity index (χ4n) is 7.12. The van der Waals surface area contributed by atoms with Gasteiger partial charge in [0.25, 0.3) is 0 Å². The molecule has 1 aromatic rings. The maximum absolute atomic E-state index is 13.9. The highest BCUT2D eigenvalue weighted by atomic mass is 16.5. The van der Waals surface area contributed by atoms with Gasteiger partial charge in [-0.2, -0.15) is 0 Å². The Morgan fingerprint density at radius 3 is 2.42 bits per heavy atom. The molecule has 3 aliphatic carbocycles. The summed E-state index contributed by atoms with van der Waals surface area (Å²) in [6.45, 7) is 1.95. The molecule has 4 N–H and O–H groups in total. The molecule has 214 valence electrons. The molecule has 1 aliphatic heterocycles. The number of aromatic hydroxyl groups is 1. The van der Waals surface area contributed by atoms with E-state index < -0.39 is 64.4 Å². The number of hydrogen-bond acceptors (Lipinski definition) is 10. The first kappa shape index (κ1) is 28.1. The Balaban J connectivity index is 1.50. The SMILES string of the molecule is CN(C)C1C(=O)C(C(N)=O)C(=O)[C@@]2(O)C(=O)C3C(=O)c4c(O)ccc(CCC(=O)N5CCOCC5)c4C[C@H]3C[C@@H]12. The summed E-state index contributed by atoms with van der Waals surface area (Å²) in [5, 5.41) is 22.3. The van der Waals surface area contributed by atoms with Crippen LogP contribution < -0.4 is 5.73 Å². The molecule has 6 atom stereocenters. The number of carbonyl (C=O) groups is 6. The molecule has 5 rings (SSSR count). The second-order valence-corrected chi connectivity index (χ2v) is 11.4. The number of carbonyl (C=O) groups excluding carboxylic acids is 6. The summed E-state index contributed by atoms with van der Waals surface area (Å²) < 4.78 is 5.30. The van der Waals surface area contributed by atoms with Crippen molar-refractivity contribution in [2.24, 2.45) is 29.4 Å². The molecule has 3 unspecified atom stereocenters. The number of rotatable bonds is 5. The van der Waals surface area contributed by atoms with Gasteiger partial charge in [-0.3, -0.25) is 33.7 Å². The minimum atomic E-state index is -2.76. The van der Waals surface area contributed by atoms with Crippen molar-refractivity contribution in [1.82, 2.24) is 9.80 Å². The highest BCUT2D eigenvalue weighted by Gasteiger charge is 2.69. The summed E-state index contributed by atoms with van der Waals surface area (Å²) in [6.07, 6.45) is 0.635. The van der Waals surface area contributed by atoms with E-state index in [1.54, 1.807) is 11.0 Å². The highest BCUT2D eigenvalue weighted by molar-refractivity contribution is 6.32. The van der Waals surface area contributed by atoms with E-state index in [-0.39, 0.29) is 36.5 Å². The van der Waals surface area contributed by atoms with E-state index in [0.29, 0.717) is 43.9 Å². The minimum Gasteiger partial charge on any atom is -0.507 e. The van der Waals surface area contributed by atoms with Gasteiger partial charge in [-0.05, 0) is 56.5 Å². The third-order valence-corrected chi connectivity index (χ3v) is 9.01. The van der Waals surface area contributed by atoms with E-state index in [0.717, 1.165) is 0 Å². The minimum absolute atomic E-state index is 0.0221. The normalized spacial score (nSPS) is 32.0. The van der Waals surface area contributed by atoms with E-state index in [4.69, 9.17) is 10.5 Å². The van der Waals surface area contributed by atoms with Crippen LogP contribution in [0.15, 0.2) is 12.1 Å². The van der Waals surface area contributed by atoms with Gasteiger partial charge < -0.3 is 25.6 Å². The molecule has 2 amide bonds. The Bertz CT molecular complexity index is 1320. The van der Waals surface area contributed by atoms with E-state index >= 15 is 0 Å². The van der Waals surface area contributed by atoms with Gasteiger partial charge in [0.05, 0.1) is 30.7 Å². The molecule has 12 nitrogen and oxygen atoms in total. The summed E-state index contributed by atoms with van der Waals surface area (Å²) in [6, 6.07) is 1.84. The average molecular weight is 556 g/mol. The fourth-order valence-corrected chi connectivity index (χ4v) is 7.12. The van der Waals surface area contributed by atoms with Crippen molar-refractivity contribution < 1.29 is 43.7 Å². The summed E-state index contributed by atoms with van der Waals surface area (Å²) >= 11 is 0. The second kappa shape index (κ2) is 10.2. The number of Topliss-reactive ketones (excluding diaryl/α,β-unsaturated/α-hetero) is 4. The zero-order valence-electron chi connectivity index (χ0n) is 22.4. The molecule has 4 aliphatic rings. The van der Waals surface area contributed by atoms with Gasteiger partial charge in [-0.1, -0.05) is 6.07 Å². The van der Waals surface area contributed by atoms with Crippen molar-refractivity contribution in [2.75, 3.05) is 40.4 Å². The quantitative estimate of drug-likeness (QED) is 0.367. The van der Waals surface area contributed by atoms with Crippen LogP contribution in [0.4, 0.5) is 0 Å². The van der Waals surface area contributed by atoms with Gasteiger partial charge in [0.2, 0.25) is 11.8 Å². The standard InChI is InChI=1S/C28H33N3O9/c1-30(2)22-16-12-14-11-15-13(4-6-18(33)31-7-9-40-10-8-31)3-5-17(32)20(15)23(34)19(14)25(36)28(16,39)26(37)21(24(22)35)27(29)38/h3,5,14,16,19,21-22,32,39H,4,6-12H2,1-2H3,(H2,29,38)/t14-,16-,19?,21?,22?,28-/m0/s1. The van der Waals surface area contributed by atoms with Gasteiger partial charge in [0, 0.05) is 25.4 Å². The number of phenolic OH excluding ortho intramolecular Hbond substituents is 1. The van der Waals surface area contributed by atoms with Crippen molar-refractivity contribution >= 4 is 34.9 Å². The lowest BCUT2D eigenvalue weighted by Gasteiger charge is -2.52. The molecule has 1 saturated heterocycles. The third kappa shape index (κ3) is 4.16. The molecule has 0 bridgehead atoms. The molecule has 12 heteroatoms. The van der Waals surface area contributed by atoms with Crippen molar-refractivity contribution in [3.8, 4) is 5.75 Å². The van der Waals surface area contributed by atoms with Crippen molar-refractivity contribution in [3.63, 3.8) is 0 Å². The van der Waals surface area contributed by atoms with Crippen molar-refractivity contribution in [2.45, 2.75) is 37.3 Å². The third-order valence-electron chi connectivity index (χ3n) is 9.01. The van der Waals surface area contributed by atoms with Crippen molar-refractivity contribution in [3.05, 3.63) is 28.8 Å². The fraction of sp³-hybridized carbons (Fsp3) is 0.571.